The third-order valence-corrected chi connectivity index (χ3v) is 11.4. The molecule has 0 bridgehead atoms. The van der Waals surface area contributed by atoms with Crippen LogP contribution in [0.25, 0.3) is 4.91 Å². The zero-order valence-corrected chi connectivity index (χ0v) is 23.7. The number of benzene rings is 1. The Bertz CT molecular complexity index is 1470. The molecule has 0 radical (unpaired) electrons. The molecule has 2 fully saturated rings. The Balaban J connectivity index is 1.26. The Labute approximate surface area is 239 Å². The molecule has 1 amide bonds. The number of nitrogens with one attached hydrogen (secondary N) is 1. The number of alkyl halides is 3. The molecular formula is C26H29F3N4O6S2. The lowest BCUT2D eigenvalue weighted by Crippen LogP contribution is -2.47. The molecule has 2 aliphatic heterocycles. The van der Waals surface area contributed by atoms with E-state index < -0.39 is 44.0 Å². The number of amides is 1. The van der Waals surface area contributed by atoms with Gasteiger partial charge in [-0.1, -0.05) is 35.5 Å². The summed E-state index contributed by atoms with van der Waals surface area (Å²) in [7, 11) is -2.23. The first-order valence-corrected chi connectivity index (χ1v) is 15.4. The number of hydrogen-bond donors (Lipinski definition) is 2. The van der Waals surface area contributed by atoms with Gasteiger partial charge in [0.15, 0.2) is 0 Å². The standard InChI is InChI=1S/C26H29F3N4O6S2/c1-32-10-12-33(13-11-32)22(34)8-6-16-4-2-3-5-17(16)18-15-25(18,24(35)36)31-41(37,38)23-9-7-20(40-23)19-14-21(39-30-19)26(27,28)29/h2-5,7,14,18,23,31H,6,8-13,15H2,1H3,(H,35,36). The van der Waals surface area contributed by atoms with Gasteiger partial charge in [-0.05, 0) is 37.4 Å². The van der Waals surface area contributed by atoms with Gasteiger partial charge in [-0.15, -0.1) is 11.8 Å². The molecule has 1 saturated heterocycles. The van der Waals surface area contributed by atoms with Crippen molar-refractivity contribution in [1.82, 2.24) is 19.7 Å². The van der Waals surface area contributed by atoms with E-state index >= 15 is 0 Å². The average Bonchev–Trinajstić information content (AvgIpc) is 3.27. The number of carboxylic acid groups (broad SMARTS) is 1. The van der Waals surface area contributed by atoms with Crippen LogP contribution in [0.4, 0.5) is 13.2 Å². The fraction of sp³-hybridized carbons (Fsp3) is 0.500. The number of aryl methyl sites for hydroxylation is 1. The van der Waals surface area contributed by atoms with Crippen molar-refractivity contribution in [2.24, 2.45) is 0 Å². The first-order chi connectivity index (χ1) is 19.3. The number of aliphatic carboxylic acids is 1. The second-order valence-corrected chi connectivity index (χ2v) is 13.9. The number of carbonyl (C=O) groups is 2. The van der Waals surface area contributed by atoms with Crippen molar-refractivity contribution < 1.29 is 40.8 Å². The van der Waals surface area contributed by atoms with Crippen molar-refractivity contribution in [1.29, 1.82) is 0 Å². The monoisotopic (exact) mass is 614 g/mol. The minimum absolute atomic E-state index is 0.0185. The molecule has 2 aromatic rings. The predicted octanol–water partition coefficient (Wildman–Crippen LogP) is 3.13. The van der Waals surface area contributed by atoms with Crippen LogP contribution in [-0.2, 0) is 32.2 Å². The van der Waals surface area contributed by atoms with Crippen molar-refractivity contribution in [3.63, 3.8) is 0 Å². The van der Waals surface area contributed by atoms with E-state index in [0.717, 1.165) is 30.4 Å². The molecule has 41 heavy (non-hydrogen) atoms. The van der Waals surface area contributed by atoms with Crippen LogP contribution in [0.5, 0.6) is 0 Å². The molecule has 3 heterocycles. The number of allylic oxidation sites excluding steroid dienone is 1. The van der Waals surface area contributed by atoms with Gasteiger partial charge in [-0.3, -0.25) is 9.59 Å². The smallest absolute Gasteiger partial charge is 0.452 e. The number of carboxylic acids is 1. The molecule has 1 aromatic heterocycles. The summed E-state index contributed by atoms with van der Waals surface area (Å²) in [5.74, 6) is -3.25. The number of sulfonamides is 1. The fourth-order valence-corrected chi connectivity index (χ4v) is 8.38. The molecule has 10 nitrogen and oxygen atoms in total. The van der Waals surface area contributed by atoms with Gasteiger partial charge in [0.1, 0.15) is 15.8 Å². The maximum Gasteiger partial charge on any atom is 0.452 e. The van der Waals surface area contributed by atoms with E-state index in [4.69, 9.17) is 0 Å². The van der Waals surface area contributed by atoms with Gasteiger partial charge in [0.25, 0.3) is 0 Å². The average molecular weight is 615 g/mol. The Morgan fingerprint density at radius 2 is 1.93 bits per heavy atom. The molecule has 1 saturated carbocycles. The molecule has 3 atom stereocenters. The lowest BCUT2D eigenvalue weighted by atomic mass is 9.97. The van der Waals surface area contributed by atoms with E-state index in [1.165, 1.54) is 6.08 Å². The summed E-state index contributed by atoms with van der Waals surface area (Å²) >= 11 is 0.783. The quantitative estimate of drug-likeness (QED) is 0.437. The first kappa shape index (κ1) is 29.6. The van der Waals surface area contributed by atoms with E-state index in [9.17, 15) is 36.3 Å². The van der Waals surface area contributed by atoms with E-state index in [2.05, 4.69) is 19.3 Å². The predicted molar refractivity (Wildman–Crippen MR) is 144 cm³/mol. The second-order valence-electron chi connectivity index (χ2n) is 10.5. The van der Waals surface area contributed by atoms with E-state index in [0.29, 0.717) is 31.1 Å². The van der Waals surface area contributed by atoms with Gasteiger partial charge in [-0.25, -0.2) is 8.42 Å². The van der Waals surface area contributed by atoms with Gasteiger partial charge in [-0.2, -0.15) is 17.9 Å². The molecule has 2 N–H and O–H groups in total. The summed E-state index contributed by atoms with van der Waals surface area (Å²) in [6.07, 6.45) is -2.66. The minimum Gasteiger partial charge on any atom is -0.480 e. The summed E-state index contributed by atoms with van der Waals surface area (Å²) < 4.78 is 70.8. The normalized spacial score (nSPS) is 25.3. The van der Waals surface area contributed by atoms with Crippen LogP contribution in [0.1, 0.15) is 47.8 Å². The van der Waals surface area contributed by atoms with Crippen LogP contribution in [0.2, 0.25) is 0 Å². The zero-order chi connectivity index (χ0) is 29.6. The van der Waals surface area contributed by atoms with Gasteiger partial charge in [0.2, 0.25) is 21.7 Å². The molecule has 3 unspecified atom stereocenters. The van der Waals surface area contributed by atoms with Gasteiger partial charge in [0.05, 0.1) is 0 Å². The van der Waals surface area contributed by atoms with Crippen LogP contribution in [0, 0.1) is 0 Å². The van der Waals surface area contributed by atoms with Crippen LogP contribution >= 0.6 is 11.8 Å². The number of thioether (sulfide) groups is 1. The molecular weight excluding hydrogens is 585 g/mol. The topological polar surface area (TPSA) is 133 Å². The lowest BCUT2D eigenvalue weighted by Gasteiger charge is -2.32. The number of aromatic nitrogens is 1. The van der Waals surface area contributed by atoms with E-state index in [1.807, 2.05) is 18.0 Å². The number of halogens is 3. The maximum atomic E-state index is 13.3. The van der Waals surface area contributed by atoms with Crippen molar-refractivity contribution in [2.75, 3.05) is 33.2 Å². The van der Waals surface area contributed by atoms with Crippen LogP contribution < -0.4 is 4.72 Å². The number of rotatable bonds is 9. The third-order valence-electron chi connectivity index (χ3n) is 7.70. The lowest BCUT2D eigenvalue weighted by molar-refractivity contribution is -0.155. The zero-order valence-electron chi connectivity index (χ0n) is 22.1. The van der Waals surface area contributed by atoms with Gasteiger partial charge >= 0.3 is 12.1 Å². The Kier molecular flexibility index (Phi) is 8.00. The first-order valence-electron chi connectivity index (χ1n) is 13.0. The Morgan fingerprint density at radius 3 is 2.59 bits per heavy atom. The van der Waals surface area contributed by atoms with Crippen LogP contribution in [0.3, 0.4) is 0 Å². The summed E-state index contributed by atoms with van der Waals surface area (Å²) in [6, 6.07) is 7.82. The molecule has 1 aliphatic carbocycles. The molecule has 15 heteroatoms. The molecule has 5 rings (SSSR count). The fourth-order valence-electron chi connectivity index (χ4n) is 5.23. The number of nitrogens with zero attached hydrogens (tertiary/aromatic N) is 3. The molecule has 3 aliphatic rings. The van der Waals surface area contributed by atoms with Crippen LogP contribution in [-0.4, -0.2) is 83.7 Å². The van der Waals surface area contributed by atoms with Crippen molar-refractivity contribution in [3.05, 3.63) is 59.0 Å². The summed E-state index contributed by atoms with van der Waals surface area (Å²) in [4.78, 5) is 29.4. The number of piperazine rings is 1. The third kappa shape index (κ3) is 6.17. The Morgan fingerprint density at radius 1 is 1.22 bits per heavy atom. The highest BCUT2D eigenvalue weighted by Crippen LogP contribution is 2.54. The minimum atomic E-state index is -4.73. The van der Waals surface area contributed by atoms with Crippen molar-refractivity contribution >= 4 is 38.6 Å². The maximum absolute atomic E-state index is 13.3. The molecule has 0 spiro atoms. The number of likely N-dealkylation sites (N-methyl/N-ethyl adjacent to an activating group) is 1. The van der Waals surface area contributed by atoms with E-state index in [1.54, 1.807) is 18.2 Å². The van der Waals surface area contributed by atoms with Gasteiger partial charge < -0.3 is 19.4 Å². The highest BCUT2D eigenvalue weighted by molar-refractivity contribution is 8.18. The SMILES string of the molecule is CN1CCN(C(=O)CCc2ccccc2C2CC2(NS(=O)(=O)C2CC=C(c3cc(C(F)(F)F)on3)S2)C(=O)O)CC1. The highest BCUT2D eigenvalue weighted by atomic mass is 32.3. The van der Waals surface area contributed by atoms with Crippen LogP contribution in [0.15, 0.2) is 40.9 Å². The summed E-state index contributed by atoms with van der Waals surface area (Å²) in [6.45, 7) is 2.91. The second kappa shape index (κ2) is 11.1. The number of carbonyl (C=O) groups excluding carboxylic acids is 1. The largest absolute Gasteiger partial charge is 0.480 e. The molecule has 1 aromatic carbocycles. The van der Waals surface area contributed by atoms with Gasteiger partial charge in [0, 0.05) is 49.5 Å². The molecule has 222 valence electrons. The summed E-state index contributed by atoms with van der Waals surface area (Å²) in [5.41, 5.74) is -0.453. The van der Waals surface area contributed by atoms with Crippen molar-refractivity contribution in [3.8, 4) is 0 Å². The highest BCUT2D eigenvalue weighted by Gasteiger charge is 2.64. The summed E-state index contributed by atoms with van der Waals surface area (Å²) in [5, 5.41) is 13.5. The number of hydrogen-bond acceptors (Lipinski definition) is 8. The van der Waals surface area contributed by atoms with Crippen molar-refractivity contribution in [2.45, 2.75) is 47.9 Å². The van der Waals surface area contributed by atoms with E-state index in [-0.39, 0.29) is 35.8 Å². The Hall–Kier alpha value is -2.88.